The molecule has 1 fully saturated rings. The Hall–Kier alpha value is -0.940. The van der Waals surface area contributed by atoms with Gasteiger partial charge >= 0.3 is 0 Å². The lowest BCUT2D eigenvalue weighted by Crippen LogP contribution is -2.50. The fourth-order valence-electron chi connectivity index (χ4n) is 2.04. The van der Waals surface area contributed by atoms with E-state index in [4.69, 9.17) is 4.74 Å². The molecule has 1 N–H and O–H groups in total. The number of hydrogen-bond acceptors (Lipinski definition) is 2. The Morgan fingerprint density at radius 3 is 2.89 bits per heavy atom. The molecule has 1 amide bonds. The number of hydrogen-bond donors (Lipinski definition) is 1. The van der Waals surface area contributed by atoms with Gasteiger partial charge in [-0.25, -0.2) is 4.39 Å². The number of benzene rings is 1. The molecule has 1 aliphatic rings. The Morgan fingerprint density at radius 1 is 1.61 bits per heavy atom. The van der Waals surface area contributed by atoms with Crippen LogP contribution in [0.1, 0.15) is 30.6 Å². The van der Waals surface area contributed by atoms with Gasteiger partial charge in [-0.3, -0.25) is 4.79 Å². The second-order valence-electron chi connectivity index (χ2n) is 4.73. The molecule has 2 atom stereocenters. The maximum atomic E-state index is 13.7. The lowest BCUT2D eigenvalue weighted by Gasteiger charge is -2.29. The summed E-state index contributed by atoms with van der Waals surface area (Å²) in [5.74, 6) is -0.947. The van der Waals surface area contributed by atoms with E-state index >= 15 is 0 Å². The summed E-state index contributed by atoms with van der Waals surface area (Å²) in [6.45, 7) is 4.43. The van der Waals surface area contributed by atoms with Gasteiger partial charge in [0.2, 0.25) is 0 Å². The molecule has 1 aliphatic heterocycles. The summed E-state index contributed by atoms with van der Waals surface area (Å²) in [4.78, 5) is 12.2. The van der Waals surface area contributed by atoms with Gasteiger partial charge in [-0.05, 0) is 48.3 Å². The Labute approximate surface area is 114 Å². The molecule has 0 aliphatic carbocycles. The Kier molecular flexibility index (Phi) is 3.73. The summed E-state index contributed by atoms with van der Waals surface area (Å²) in [5.41, 5.74) is -0.406. The minimum Gasteiger partial charge on any atom is -0.376 e. The van der Waals surface area contributed by atoms with Crippen molar-refractivity contribution in [2.45, 2.75) is 31.9 Å². The molecular formula is C13H15BrFNO2. The lowest BCUT2D eigenvalue weighted by atomic mass is 9.94. The molecule has 0 radical (unpaired) electrons. The van der Waals surface area contributed by atoms with Gasteiger partial charge in [0.15, 0.2) is 0 Å². The first-order chi connectivity index (χ1) is 8.44. The molecule has 98 valence electrons. The van der Waals surface area contributed by atoms with Crippen LogP contribution in [0.25, 0.3) is 0 Å². The molecule has 1 heterocycles. The van der Waals surface area contributed by atoms with E-state index in [2.05, 4.69) is 21.2 Å². The third-order valence-electron chi connectivity index (χ3n) is 3.48. The summed E-state index contributed by atoms with van der Waals surface area (Å²) in [6, 6.07) is 4.48. The molecule has 0 saturated carbocycles. The van der Waals surface area contributed by atoms with Crippen molar-refractivity contribution in [3.05, 3.63) is 34.1 Å². The first-order valence-electron chi connectivity index (χ1n) is 5.82. The summed E-state index contributed by atoms with van der Waals surface area (Å²) >= 11 is 3.20. The van der Waals surface area contributed by atoms with Crippen LogP contribution in [-0.2, 0) is 4.74 Å². The van der Waals surface area contributed by atoms with E-state index in [0.29, 0.717) is 11.1 Å². The third kappa shape index (κ3) is 2.42. The number of nitrogens with one attached hydrogen (secondary N) is 1. The monoisotopic (exact) mass is 315 g/mol. The van der Waals surface area contributed by atoms with Crippen LogP contribution in [0.3, 0.4) is 0 Å². The average molecular weight is 316 g/mol. The molecule has 5 heteroatoms. The second-order valence-corrected chi connectivity index (χ2v) is 5.59. The van der Waals surface area contributed by atoms with Crippen molar-refractivity contribution < 1.29 is 13.9 Å². The normalized spacial score (nSPS) is 27.2. The lowest BCUT2D eigenvalue weighted by molar-refractivity contribution is 0.0724. The molecule has 18 heavy (non-hydrogen) atoms. The van der Waals surface area contributed by atoms with Crippen LogP contribution in [0.2, 0.25) is 0 Å². The largest absolute Gasteiger partial charge is 0.376 e. The van der Waals surface area contributed by atoms with Crippen molar-refractivity contribution in [2.75, 3.05) is 6.61 Å². The smallest absolute Gasteiger partial charge is 0.255 e. The zero-order valence-electron chi connectivity index (χ0n) is 10.3. The SMILES string of the molecule is CC1OCCC1(C)NC(=O)c1c(F)cccc1Br. The van der Waals surface area contributed by atoms with E-state index in [1.54, 1.807) is 12.1 Å². The zero-order valence-corrected chi connectivity index (χ0v) is 11.9. The van der Waals surface area contributed by atoms with E-state index in [-0.39, 0.29) is 11.7 Å². The molecule has 2 rings (SSSR count). The maximum Gasteiger partial charge on any atom is 0.255 e. The van der Waals surface area contributed by atoms with Gasteiger partial charge in [0.1, 0.15) is 5.82 Å². The number of amides is 1. The minimum absolute atomic E-state index is 0.0397. The zero-order chi connectivity index (χ0) is 13.3. The first-order valence-corrected chi connectivity index (χ1v) is 6.61. The molecular weight excluding hydrogens is 301 g/mol. The van der Waals surface area contributed by atoms with Crippen LogP contribution in [0.15, 0.2) is 22.7 Å². The minimum atomic E-state index is -0.531. The van der Waals surface area contributed by atoms with Crippen LogP contribution in [-0.4, -0.2) is 24.2 Å². The number of carbonyl (C=O) groups is 1. The van der Waals surface area contributed by atoms with Gasteiger partial charge in [0.05, 0.1) is 17.2 Å². The van der Waals surface area contributed by atoms with Crippen molar-refractivity contribution in [3.8, 4) is 0 Å². The van der Waals surface area contributed by atoms with Gasteiger partial charge in [-0.1, -0.05) is 6.07 Å². The van der Waals surface area contributed by atoms with E-state index < -0.39 is 17.3 Å². The van der Waals surface area contributed by atoms with Crippen molar-refractivity contribution in [3.63, 3.8) is 0 Å². The standard InChI is InChI=1S/C13H15BrFNO2/c1-8-13(2,6-7-18-8)16-12(17)11-9(14)4-3-5-10(11)15/h3-5,8H,6-7H2,1-2H3,(H,16,17). The van der Waals surface area contributed by atoms with Gasteiger partial charge in [-0.15, -0.1) is 0 Å². The summed E-state index contributed by atoms with van der Waals surface area (Å²) in [6.07, 6.45) is 0.651. The van der Waals surface area contributed by atoms with Gasteiger partial charge in [0, 0.05) is 11.1 Å². The molecule has 1 aromatic carbocycles. The number of carbonyl (C=O) groups excluding carboxylic acids is 1. The van der Waals surface area contributed by atoms with Crippen molar-refractivity contribution in [2.24, 2.45) is 0 Å². The Morgan fingerprint density at radius 2 is 2.33 bits per heavy atom. The highest BCUT2D eigenvalue weighted by molar-refractivity contribution is 9.10. The Bertz CT molecular complexity index is 460. The van der Waals surface area contributed by atoms with Crippen molar-refractivity contribution >= 4 is 21.8 Å². The highest BCUT2D eigenvalue weighted by atomic mass is 79.9. The second kappa shape index (κ2) is 4.97. The fraction of sp³-hybridized carbons (Fsp3) is 0.462. The predicted molar refractivity (Wildman–Crippen MR) is 70.0 cm³/mol. The number of halogens is 2. The van der Waals surface area contributed by atoms with Crippen LogP contribution in [0, 0.1) is 5.82 Å². The molecule has 1 aromatic rings. The van der Waals surface area contributed by atoms with Crippen LogP contribution in [0.5, 0.6) is 0 Å². The summed E-state index contributed by atoms with van der Waals surface area (Å²) in [5, 5.41) is 2.87. The first kappa shape index (κ1) is 13.5. The highest BCUT2D eigenvalue weighted by Gasteiger charge is 2.39. The summed E-state index contributed by atoms with van der Waals surface area (Å²) in [7, 11) is 0. The van der Waals surface area contributed by atoms with E-state index in [0.717, 1.165) is 6.42 Å². The molecule has 0 spiro atoms. The van der Waals surface area contributed by atoms with Crippen LogP contribution >= 0.6 is 15.9 Å². The van der Waals surface area contributed by atoms with Crippen LogP contribution < -0.4 is 5.32 Å². The van der Waals surface area contributed by atoms with E-state index in [9.17, 15) is 9.18 Å². The third-order valence-corrected chi connectivity index (χ3v) is 4.14. The molecule has 1 saturated heterocycles. The van der Waals surface area contributed by atoms with Gasteiger partial charge in [-0.2, -0.15) is 0 Å². The van der Waals surface area contributed by atoms with E-state index in [1.165, 1.54) is 6.07 Å². The van der Waals surface area contributed by atoms with Gasteiger partial charge in [0.25, 0.3) is 5.91 Å². The highest BCUT2D eigenvalue weighted by Crippen LogP contribution is 2.27. The topological polar surface area (TPSA) is 38.3 Å². The molecule has 2 unspecified atom stereocenters. The van der Waals surface area contributed by atoms with Crippen molar-refractivity contribution in [1.29, 1.82) is 0 Å². The predicted octanol–water partition coefficient (Wildman–Crippen LogP) is 2.89. The maximum absolute atomic E-state index is 13.7. The quantitative estimate of drug-likeness (QED) is 0.911. The van der Waals surface area contributed by atoms with Gasteiger partial charge < -0.3 is 10.1 Å². The average Bonchev–Trinajstić information content (AvgIpc) is 2.58. The summed E-state index contributed by atoms with van der Waals surface area (Å²) < 4.78 is 19.6. The number of ether oxygens (including phenoxy) is 1. The van der Waals surface area contributed by atoms with Crippen molar-refractivity contribution in [1.82, 2.24) is 5.32 Å². The molecule has 3 nitrogen and oxygen atoms in total. The Balaban J connectivity index is 2.23. The number of rotatable bonds is 2. The van der Waals surface area contributed by atoms with Crippen LogP contribution in [0.4, 0.5) is 4.39 Å². The van der Waals surface area contributed by atoms with E-state index in [1.807, 2.05) is 13.8 Å². The fourth-order valence-corrected chi connectivity index (χ4v) is 2.56. The molecule has 0 bridgehead atoms. The molecule has 0 aromatic heterocycles.